The molecule has 0 spiro atoms. The fourth-order valence-corrected chi connectivity index (χ4v) is 2.33. The number of carbonyl (C=O) groups excluding carboxylic acids is 1. The predicted octanol–water partition coefficient (Wildman–Crippen LogP) is 3.60. The van der Waals surface area contributed by atoms with Crippen LogP contribution in [0.1, 0.15) is 26.2 Å². The molecule has 0 radical (unpaired) electrons. The summed E-state index contributed by atoms with van der Waals surface area (Å²) in [6, 6.07) is 3.41. The lowest BCUT2D eigenvalue weighted by Gasteiger charge is -2.04. The van der Waals surface area contributed by atoms with Gasteiger partial charge in [0.2, 0.25) is 5.91 Å². The highest BCUT2D eigenvalue weighted by atomic mass is 35.5. The molecule has 0 aromatic carbocycles. The lowest BCUT2D eigenvalue weighted by molar-refractivity contribution is -0.115. The van der Waals surface area contributed by atoms with Crippen LogP contribution in [0.25, 0.3) is 0 Å². The Morgan fingerprint density at radius 3 is 2.94 bits per heavy atom. The highest BCUT2D eigenvalue weighted by molar-refractivity contribution is 7.99. The van der Waals surface area contributed by atoms with E-state index in [1.54, 1.807) is 18.3 Å². The van der Waals surface area contributed by atoms with Gasteiger partial charge in [0.25, 0.3) is 0 Å². The molecule has 0 aliphatic heterocycles. The first kappa shape index (κ1) is 14.3. The van der Waals surface area contributed by atoms with E-state index in [0.29, 0.717) is 17.3 Å². The van der Waals surface area contributed by atoms with Gasteiger partial charge in [-0.2, -0.15) is 11.8 Å². The molecule has 0 saturated carbocycles. The Hall–Kier alpha value is -0.740. The maximum absolute atomic E-state index is 11.5. The summed E-state index contributed by atoms with van der Waals surface area (Å²) in [7, 11) is 0. The Bertz CT molecular complexity index is 343. The summed E-state index contributed by atoms with van der Waals surface area (Å²) in [5, 5.41) is 3.22. The van der Waals surface area contributed by atoms with Crippen LogP contribution in [0.2, 0.25) is 5.15 Å². The van der Waals surface area contributed by atoms with Gasteiger partial charge in [-0.15, -0.1) is 0 Å². The molecule has 0 atom stereocenters. The van der Waals surface area contributed by atoms with E-state index in [1.165, 1.54) is 12.8 Å². The lowest BCUT2D eigenvalue weighted by atomic mass is 10.4. The zero-order valence-corrected chi connectivity index (χ0v) is 11.5. The summed E-state index contributed by atoms with van der Waals surface area (Å²) in [6.07, 6.45) is 4.52. The van der Waals surface area contributed by atoms with Crippen molar-refractivity contribution < 1.29 is 4.79 Å². The third-order valence-corrected chi connectivity index (χ3v) is 3.42. The molecule has 5 heteroatoms. The van der Waals surface area contributed by atoms with E-state index >= 15 is 0 Å². The zero-order chi connectivity index (χ0) is 12.5. The molecule has 94 valence electrons. The molecule has 3 nitrogen and oxygen atoms in total. The van der Waals surface area contributed by atoms with Gasteiger partial charge >= 0.3 is 0 Å². The smallest absolute Gasteiger partial charge is 0.225 e. The number of pyridine rings is 1. The van der Waals surface area contributed by atoms with Gasteiger partial charge in [0.1, 0.15) is 5.15 Å². The molecule has 1 amide bonds. The van der Waals surface area contributed by atoms with Crippen molar-refractivity contribution >= 4 is 35.0 Å². The number of anilines is 1. The van der Waals surface area contributed by atoms with E-state index < -0.39 is 0 Å². The molecular formula is C12H17ClN2OS. The molecule has 17 heavy (non-hydrogen) atoms. The molecule has 1 N–H and O–H groups in total. The van der Waals surface area contributed by atoms with Gasteiger partial charge < -0.3 is 5.32 Å². The highest BCUT2D eigenvalue weighted by Crippen LogP contribution is 2.11. The molecule has 1 aromatic rings. The van der Waals surface area contributed by atoms with E-state index in [9.17, 15) is 4.79 Å². The van der Waals surface area contributed by atoms with Crippen molar-refractivity contribution in [3.05, 3.63) is 23.5 Å². The van der Waals surface area contributed by atoms with Gasteiger partial charge in [-0.3, -0.25) is 4.79 Å². The number of thioether (sulfide) groups is 1. The second kappa shape index (κ2) is 8.37. The molecule has 0 unspecified atom stereocenters. The van der Waals surface area contributed by atoms with Gasteiger partial charge in [-0.1, -0.05) is 24.9 Å². The summed E-state index contributed by atoms with van der Waals surface area (Å²) in [6.45, 7) is 2.17. The molecule has 1 rings (SSSR count). The van der Waals surface area contributed by atoms with Crippen LogP contribution in [0.15, 0.2) is 18.3 Å². The van der Waals surface area contributed by atoms with Crippen LogP contribution in [0.4, 0.5) is 5.69 Å². The molecule has 0 aliphatic rings. The van der Waals surface area contributed by atoms with E-state index in [-0.39, 0.29) is 5.91 Å². The number of nitrogens with one attached hydrogen (secondary N) is 1. The quantitative estimate of drug-likeness (QED) is 0.609. The predicted molar refractivity (Wildman–Crippen MR) is 74.7 cm³/mol. The number of halogens is 1. The molecular weight excluding hydrogens is 256 g/mol. The first-order chi connectivity index (χ1) is 8.22. The Labute approximate surface area is 111 Å². The number of hydrogen-bond donors (Lipinski definition) is 1. The van der Waals surface area contributed by atoms with Gasteiger partial charge in [0.05, 0.1) is 11.9 Å². The maximum atomic E-state index is 11.5. The number of unbranched alkanes of at least 4 members (excludes halogenated alkanes) is 1. The molecule has 1 aromatic heterocycles. The Kier molecular flexibility index (Phi) is 7.05. The minimum atomic E-state index is 0.0260. The molecule has 0 bridgehead atoms. The van der Waals surface area contributed by atoms with E-state index in [4.69, 9.17) is 11.6 Å². The number of aromatic nitrogens is 1. The maximum Gasteiger partial charge on any atom is 0.225 e. The van der Waals surface area contributed by atoms with E-state index in [1.807, 2.05) is 11.8 Å². The van der Waals surface area contributed by atoms with Crippen molar-refractivity contribution in [3.63, 3.8) is 0 Å². The fourth-order valence-electron chi connectivity index (χ4n) is 1.19. The minimum absolute atomic E-state index is 0.0260. The van der Waals surface area contributed by atoms with Crippen molar-refractivity contribution in [2.45, 2.75) is 26.2 Å². The number of rotatable bonds is 7. The van der Waals surface area contributed by atoms with E-state index in [2.05, 4.69) is 17.2 Å². The minimum Gasteiger partial charge on any atom is -0.325 e. The van der Waals surface area contributed by atoms with Crippen LogP contribution >= 0.6 is 23.4 Å². The average Bonchev–Trinajstić information content (AvgIpc) is 2.32. The number of nitrogens with zero attached hydrogens (tertiary/aromatic N) is 1. The second-order valence-corrected chi connectivity index (χ2v) is 5.25. The Balaban J connectivity index is 2.18. The first-order valence-electron chi connectivity index (χ1n) is 5.71. The monoisotopic (exact) mass is 272 g/mol. The summed E-state index contributed by atoms with van der Waals surface area (Å²) < 4.78 is 0. The van der Waals surface area contributed by atoms with Crippen molar-refractivity contribution in [3.8, 4) is 0 Å². The highest BCUT2D eigenvalue weighted by Gasteiger charge is 2.02. The average molecular weight is 273 g/mol. The SMILES string of the molecule is CCCCSCCC(=O)Nc1ccc(Cl)nc1. The molecule has 1 heterocycles. The van der Waals surface area contributed by atoms with Crippen LogP contribution < -0.4 is 5.32 Å². The standard InChI is InChI=1S/C12H17ClN2OS/c1-2-3-7-17-8-6-12(16)15-10-4-5-11(13)14-9-10/h4-5,9H,2-3,6-8H2,1H3,(H,15,16). The van der Waals surface area contributed by atoms with Crippen molar-refractivity contribution in [2.24, 2.45) is 0 Å². The number of hydrogen-bond acceptors (Lipinski definition) is 3. The van der Waals surface area contributed by atoms with Gasteiger partial charge in [0, 0.05) is 12.2 Å². The van der Waals surface area contributed by atoms with Crippen molar-refractivity contribution in [1.82, 2.24) is 4.98 Å². The van der Waals surface area contributed by atoms with Gasteiger partial charge in [0.15, 0.2) is 0 Å². The summed E-state index contributed by atoms with van der Waals surface area (Å²) >= 11 is 7.47. The largest absolute Gasteiger partial charge is 0.325 e. The Morgan fingerprint density at radius 2 is 2.29 bits per heavy atom. The fraction of sp³-hybridized carbons (Fsp3) is 0.500. The summed E-state index contributed by atoms with van der Waals surface area (Å²) in [5.74, 6) is 2.03. The topological polar surface area (TPSA) is 42.0 Å². The molecule has 0 aliphatic carbocycles. The van der Waals surface area contributed by atoms with Crippen LogP contribution in [0.3, 0.4) is 0 Å². The Morgan fingerprint density at radius 1 is 1.47 bits per heavy atom. The molecule has 0 fully saturated rings. The van der Waals surface area contributed by atoms with Crippen molar-refractivity contribution in [1.29, 1.82) is 0 Å². The van der Waals surface area contributed by atoms with Crippen molar-refractivity contribution in [2.75, 3.05) is 16.8 Å². The normalized spacial score (nSPS) is 10.2. The third-order valence-electron chi connectivity index (χ3n) is 2.13. The third kappa shape index (κ3) is 6.54. The number of carbonyl (C=O) groups is 1. The summed E-state index contributed by atoms with van der Waals surface area (Å²) in [5.41, 5.74) is 0.693. The van der Waals surface area contributed by atoms with Crippen LogP contribution in [-0.2, 0) is 4.79 Å². The van der Waals surface area contributed by atoms with Crippen LogP contribution in [0.5, 0.6) is 0 Å². The second-order valence-electron chi connectivity index (χ2n) is 3.63. The van der Waals surface area contributed by atoms with Crippen LogP contribution in [0, 0.1) is 0 Å². The van der Waals surface area contributed by atoms with E-state index in [0.717, 1.165) is 11.5 Å². The number of amides is 1. The van der Waals surface area contributed by atoms with Crippen LogP contribution in [-0.4, -0.2) is 22.4 Å². The first-order valence-corrected chi connectivity index (χ1v) is 7.24. The zero-order valence-electron chi connectivity index (χ0n) is 9.91. The lowest BCUT2D eigenvalue weighted by Crippen LogP contribution is -2.12. The van der Waals surface area contributed by atoms with Gasteiger partial charge in [-0.25, -0.2) is 4.98 Å². The summed E-state index contributed by atoms with van der Waals surface area (Å²) in [4.78, 5) is 15.4. The van der Waals surface area contributed by atoms with Gasteiger partial charge in [-0.05, 0) is 24.3 Å². The molecule has 0 saturated heterocycles.